The van der Waals surface area contributed by atoms with Crippen LogP contribution in [0.3, 0.4) is 0 Å². The average molecular weight is 553 g/mol. The highest BCUT2D eigenvalue weighted by Crippen LogP contribution is 2.31. The lowest BCUT2D eigenvalue weighted by atomic mass is 9.88. The topological polar surface area (TPSA) is 66.7 Å². The van der Waals surface area contributed by atoms with E-state index in [2.05, 4.69) is 58.7 Å². The fourth-order valence-corrected chi connectivity index (χ4v) is 4.71. The number of benzene rings is 1. The summed E-state index contributed by atoms with van der Waals surface area (Å²) in [5.74, 6) is 0.879. The van der Waals surface area contributed by atoms with Gasteiger partial charge in [0.05, 0.1) is 18.3 Å². The molecule has 32 heavy (non-hydrogen) atoms. The zero-order valence-corrected chi connectivity index (χ0v) is 21.6. The van der Waals surface area contributed by atoms with Crippen LogP contribution in [0.1, 0.15) is 51.1 Å². The summed E-state index contributed by atoms with van der Waals surface area (Å²) in [7, 11) is 0. The maximum absolute atomic E-state index is 5.69. The minimum Gasteiger partial charge on any atom is -0.381 e. The Hall–Kier alpha value is -1.65. The Morgan fingerprint density at radius 1 is 1.22 bits per heavy atom. The molecule has 2 aliphatic rings. The van der Waals surface area contributed by atoms with Crippen LogP contribution in [-0.4, -0.2) is 65.6 Å². The van der Waals surface area contributed by atoms with Gasteiger partial charge in [-0.15, -0.1) is 24.0 Å². The van der Waals surface area contributed by atoms with Gasteiger partial charge in [0.15, 0.2) is 5.96 Å². The van der Waals surface area contributed by atoms with Crippen LogP contribution < -0.4 is 10.6 Å². The first kappa shape index (κ1) is 25.0. The molecule has 2 N–H and O–H groups in total. The van der Waals surface area contributed by atoms with E-state index < -0.39 is 0 Å². The monoisotopic (exact) mass is 552 g/mol. The number of halogens is 1. The second-order valence-electron chi connectivity index (χ2n) is 8.64. The van der Waals surface area contributed by atoms with Gasteiger partial charge in [0.1, 0.15) is 0 Å². The van der Waals surface area contributed by atoms with Gasteiger partial charge in [-0.25, -0.2) is 4.68 Å². The molecule has 7 nitrogen and oxygen atoms in total. The summed E-state index contributed by atoms with van der Waals surface area (Å²) in [6.07, 6.45) is 8.50. The molecular weight excluding hydrogens is 515 g/mol. The Morgan fingerprint density at radius 2 is 2.00 bits per heavy atom. The summed E-state index contributed by atoms with van der Waals surface area (Å²) >= 11 is 0. The predicted molar refractivity (Wildman–Crippen MR) is 140 cm³/mol. The molecule has 2 aliphatic heterocycles. The van der Waals surface area contributed by atoms with E-state index in [0.717, 1.165) is 50.8 Å². The van der Waals surface area contributed by atoms with Crippen LogP contribution in [0, 0.1) is 0 Å². The Bertz CT molecular complexity index is 844. The molecule has 2 saturated heterocycles. The van der Waals surface area contributed by atoms with Crippen LogP contribution >= 0.6 is 24.0 Å². The van der Waals surface area contributed by atoms with E-state index in [0.29, 0.717) is 0 Å². The molecule has 0 spiro atoms. The largest absolute Gasteiger partial charge is 0.381 e. The van der Waals surface area contributed by atoms with Crippen molar-refractivity contribution < 1.29 is 4.74 Å². The number of rotatable bonds is 7. The number of likely N-dealkylation sites (tertiary alicyclic amines) is 1. The third-order valence-corrected chi connectivity index (χ3v) is 6.57. The molecule has 1 aromatic heterocycles. The molecule has 0 amide bonds. The minimum absolute atomic E-state index is 0. The van der Waals surface area contributed by atoms with Crippen LogP contribution in [0.5, 0.6) is 0 Å². The van der Waals surface area contributed by atoms with Crippen LogP contribution in [0.25, 0.3) is 5.69 Å². The highest BCUT2D eigenvalue weighted by Gasteiger charge is 2.39. The first-order valence-corrected chi connectivity index (χ1v) is 11.7. The van der Waals surface area contributed by atoms with Gasteiger partial charge in [0, 0.05) is 37.7 Å². The molecule has 3 heterocycles. The Morgan fingerprint density at radius 3 is 2.69 bits per heavy atom. The lowest BCUT2D eigenvalue weighted by Gasteiger charge is -2.43. The standard InChI is InChI=1S/C24H36N6O.HI/c1-3-25-23(26-19-24(10-16-31-17-11-24)29-13-4-5-14-29)28-20(2)21-8-6-9-22(18-21)30-15-7-12-27-30;/h6-9,12,15,18,20H,3-5,10-11,13-14,16-17,19H2,1-2H3,(H2,25,26,28);1H. The number of aromatic nitrogens is 2. The van der Waals surface area contributed by atoms with E-state index in [-0.39, 0.29) is 35.6 Å². The van der Waals surface area contributed by atoms with Gasteiger partial charge >= 0.3 is 0 Å². The highest BCUT2D eigenvalue weighted by molar-refractivity contribution is 14.0. The zero-order valence-electron chi connectivity index (χ0n) is 19.3. The number of nitrogens with zero attached hydrogens (tertiary/aromatic N) is 4. The molecule has 4 rings (SSSR count). The maximum Gasteiger partial charge on any atom is 0.191 e. The van der Waals surface area contributed by atoms with Crippen molar-refractivity contribution in [2.75, 3.05) is 39.4 Å². The van der Waals surface area contributed by atoms with Crippen LogP contribution in [0.2, 0.25) is 0 Å². The molecular formula is C24H37IN6O. The van der Waals surface area contributed by atoms with Crippen molar-refractivity contribution in [2.45, 2.75) is 51.1 Å². The van der Waals surface area contributed by atoms with E-state index in [1.807, 2.05) is 16.9 Å². The lowest BCUT2D eigenvalue weighted by molar-refractivity contribution is -0.0139. The number of ether oxygens (including phenoxy) is 1. The van der Waals surface area contributed by atoms with E-state index in [4.69, 9.17) is 9.73 Å². The number of hydrogen-bond acceptors (Lipinski definition) is 4. The third kappa shape index (κ3) is 6.02. The van der Waals surface area contributed by atoms with Gasteiger partial charge in [-0.2, -0.15) is 5.10 Å². The number of aliphatic imine (C=N–C) groups is 1. The average Bonchev–Trinajstić information content (AvgIpc) is 3.53. The van der Waals surface area contributed by atoms with Crippen LogP contribution in [0.4, 0.5) is 0 Å². The second kappa shape index (κ2) is 12.0. The van der Waals surface area contributed by atoms with Gasteiger partial charge in [-0.3, -0.25) is 9.89 Å². The van der Waals surface area contributed by atoms with Crippen molar-refractivity contribution in [3.8, 4) is 5.69 Å². The summed E-state index contributed by atoms with van der Waals surface area (Å²) in [5.41, 5.74) is 2.41. The normalized spacial score (nSPS) is 19.9. The van der Waals surface area contributed by atoms with Gasteiger partial charge in [0.25, 0.3) is 0 Å². The number of nitrogens with one attached hydrogen (secondary N) is 2. The van der Waals surface area contributed by atoms with E-state index in [9.17, 15) is 0 Å². The summed E-state index contributed by atoms with van der Waals surface area (Å²) in [6, 6.07) is 10.6. The SMILES string of the molecule is CCNC(=NCC1(N2CCCC2)CCOCC1)NC(C)c1cccc(-n2cccn2)c1.I. The molecule has 2 aromatic rings. The van der Waals surface area contributed by atoms with E-state index >= 15 is 0 Å². The van der Waals surface area contributed by atoms with Crippen molar-refractivity contribution in [1.29, 1.82) is 0 Å². The van der Waals surface area contributed by atoms with Crippen molar-refractivity contribution >= 4 is 29.9 Å². The van der Waals surface area contributed by atoms with Crippen molar-refractivity contribution in [2.24, 2.45) is 4.99 Å². The molecule has 8 heteroatoms. The maximum atomic E-state index is 5.69. The van der Waals surface area contributed by atoms with Gasteiger partial charge < -0.3 is 15.4 Å². The smallest absolute Gasteiger partial charge is 0.191 e. The van der Waals surface area contributed by atoms with Crippen LogP contribution in [-0.2, 0) is 4.74 Å². The minimum atomic E-state index is 0. The highest BCUT2D eigenvalue weighted by atomic mass is 127. The Balaban J connectivity index is 0.00000289. The van der Waals surface area contributed by atoms with Gasteiger partial charge in [-0.1, -0.05) is 12.1 Å². The fraction of sp³-hybridized carbons (Fsp3) is 0.583. The van der Waals surface area contributed by atoms with E-state index in [1.54, 1.807) is 6.20 Å². The lowest BCUT2D eigenvalue weighted by Crippen LogP contribution is -2.54. The molecule has 2 fully saturated rings. The first-order chi connectivity index (χ1) is 15.2. The molecule has 0 aliphatic carbocycles. The molecule has 176 valence electrons. The summed E-state index contributed by atoms with van der Waals surface area (Å²) in [4.78, 5) is 7.74. The Kier molecular flexibility index (Phi) is 9.36. The van der Waals surface area contributed by atoms with Gasteiger partial charge in [-0.05, 0) is 76.4 Å². The van der Waals surface area contributed by atoms with Crippen molar-refractivity contribution in [3.63, 3.8) is 0 Å². The number of hydrogen-bond donors (Lipinski definition) is 2. The quantitative estimate of drug-likeness (QED) is 0.311. The van der Waals surface area contributed by atoms with E-state index in [1.165, 1.54) is 31.5 Å². The third-order valence-electron chi connectivity index (χ3n) is 6.57. The number of guanidine groups is 1. The molecule has 1 unspecified atom stereocenters. The molecule has 1 aromatic carbocycles. The van der Waals surface area contributed by atoms with Crippen molar-refractivity contribution in [3.05, 3.63) is 48.3 Å². The molecule has 0 bridgehead atoms. The van der Waals surface area contributed by atoms with Crippen molar-refractivity contribution in [1.82, 2.24) is 25.3 Å². The second-order valence-corrected chi connectivity index (χ2v) is 8.64. The van der Waals surface area contributed by atoms with Crippen LogP contribution in [0.15, 0.2) is 47.7 Å². The first-order valence-electron chi connectivity index (χ1n) is 11.7. The molecule has 0 saturated carbocycles. The summed E-state index contributed by atoms with van der Waals surface area (Å²) in [5, 5.41) is 11.4. The molecule has 1 atom stereocenters. The Labute approximate surface area is 209 Å². The summed E-state index contributed by atoms with van der Waals surface area (Å²) in [6.45, 7) is 10.0. The van der Waals surface area contributed by atoms with Gasteiger partial charge in [0.2, 0.25) is 0 Å². The fourth-order valence-electron chi connectivity index (χ4n) is 4.71. The predicted octanol–water partition coefficient (Wildman–Crippen LogP) is 3.75. The zero-order chi connectivity index (χ0) is 21.5. The summed E-state index contributed by atoms with van der Waals surface area (Å²) < 4.78 is 7.58. The molecule has 0 radical (unpaired) electrons.